The number of Topliss-reactive ketones (excluding diaryl/α,β-unsaturated/α-hetero) is 1. The fraction of sp³-hybridized carbons (Fsp3) is 0.214. The summed E-state index contributed by atoms with van der Waals surface area (Å²) in [6.07, 6.45) is 0.867. The maximum atomic E-state index is 12.2. The Kier molecular flexibility index (Phi) is 4.06. The van der Waals surface area contributed by atoms with Crippen molar-refractivity contribution in [2.75, 3.05) is 0 Å². The zero-order chi connectivity index (χ0) is 13.8. The van der Waals surface area contributed by atoms with E-state index >= 15 is 0 Å². The molecule has 0 bridgehead atoms. The number of nitro groups is 1. The molecule has 0 radical (unpaired) electrons. The summed E-state index contributed by atoms with van der Waals surface area (Å²) in [6.45, 7) is 1.99. The van der Waals surface area contributed by atoms with Gasteiger partial charge in [-0.15, -0.1) is 11.3 Å². The van der Waals surface area contributed by atoms with Crippen LogP contribution in [0.25, 0.3) is 0 Å². The first-order chi connectivity index (χ1) is 9.13. The van der Waals surface area contributed by atoms with Gasteiger partial charge in [0.2, 0.25) is 0 Å². The quantitative estimate of drug-likeness (QED) is 0.475. The number of rotatable bonds is 5. The highest BCUT2D eigenvalue weighted by molar-refractivity contribution is 7.12. The maximum Gasteiger partial charge on any atom is 0.273 e. The van der Waals surface area contributed by atoms with Crippen molar-refractivity contribution in [3.05, 3.63) is 61.8 Å². The van der Waals surface area contributed by atoms with Crippen molar-refractivity contribution in [3.63, 3.8) is 0 Å². The highest BCUT2D eigenvalue weighted by atomic mass is 32.1. The Hall–Kier alpha value is -2.01. The minimum absolute atomic E-state index is 0.00505. The summed E-state index contributed by atoms with van der Waals surface area (Å²) >= 11 is 1.40. The van der Waals surface area contributed by atoms with Crippen molar-refractivity contribution in [1.29, 1.82) is 0 Å². The standard InChI is InChI=1S/C14H13NO3S/c1-2-10-7-8-19-14(10)13(16)9-11-5-3-4-6-12(11)15(17)18/h3-8H,2,9H2,1H3. The highest BCUT2D eigenvalue weighted by Crippen LogP contribution is 2.23. The number of hydrogen-bond donors (Lipinski definition) is 0. The van der Waals surface area contributed by atoms with Crippen LogP contribution in [-0.4, -0.2) is 10.7 Å². The zero-order valence-electron chi connectivity index (χ0n) is 10.5. The lowest BCUT2D eigenvalue weighted by molar-refractivity contribution is -0.385. The third-order valence-electron chi connectivity index (χ3n) is 2.92. The molecular formula is C14H13NO3S. The van der Waals surface area contributed by atoms with Gasteiger partial charge in [-0.25, -0.2) is 0 Å². The number of para-hydroxylation sites is 1. The van der Waals surface area contributed by atoms with Crippen LogP contribution < -0.4 is 0 Å². The van der Waals surface area contributed by atoms with E-state index < -0.39 is 4.92 Å². The van der Waals surface area contributed by atoms with E-state index in [1.165, 1.54) is 17.4 Å². The predicted octanol–water partition coefficient (Wildman–Crippen LogP) is 3.64. The molecular weight excluding hydrogens is 262 g/mol. The molecule has 0 saturated carbocycles. The van der Waals surface area contributed by atoms with E-state index in [9.17, 15) is 14.9 Å². The van der Waals surface area contributed by atoms with Gasteiger partial charge >= 0.3 is 0 Å². The fourth-order valence-electron chi connectivity index (χ4n) is 1.95. The maximum absolute atomic E-state index is 12.2. The SMILES string of the molecule is CCc1ccsc1C(=O)Cc1ccccc1[N+](=O)[O-]. The summed E-state index contributed by atoms with van der Waals surface area (Å²) in [5, 5.41) is 12.8. The topological polar surface area (TPSA) is 60.2 Å². The Bertz CT molecular complexity index is 619. The molecule has 0 unspecified atom stereocenters. The van der Waals surface area contributed by atoms with Crippen molar-refractivity contribution in [2.24, 2.45) is 0 Å². The van der Waals surface area contributed by atoms with Gasteiger partial charge in [0.15, 0.2) is 5.78 Å². The Balaban J connectivity index is 2.27. The number of carbonyl (C=O) groups excluding carboxylic acids is 1. The highest BCUT2D eigenvalue weighted by Gasteiger charge is 2.18. The zero-order valence-corrected chi connectivity index (χ0v) is 11.3. The molecule has 0 atom stereocenters. The van der Waals surface area contributed by atoms with Crippen molar-refractivity contribution in [1.82, 2.24) is 0 Å². The second-order valence-electron chi connectivity index (χ2n) is 4.11. The lowest BCUT2D eigenvalue weighted by Crippen LogP contribution is -2.06. The summed E-state index contributed by atoms with van der Waals surface area (Å²) in [5.74, 6) is -0.0545. The molecule has 4 nitrogen and oxygen atoms in total. The van der Waals surface area contributed by atoms with Gasteiger partial charge in [-0.05, 0) is 23.4 Å². The summed E-state index contributed by atoms with van der Waals surface area (Å²) in [6, 6.07) is 8.31. The molecule has 1 aromatic heterocycles. The second-order valence-corrected chi connectivity index (χ2v) is 5.03. The van der Waals surface area contributed by atoms with E-state index in [1.807, 2.05) is 18.4 Å². The number of hydrogen-bond acceptors (Lipinski definition) is 4. The molecule has 5 heteroatoms. The first kappa shape index (κ1) is 13.4. The summed E-state index contributed by atoms with van der Waals surface area (Å²) < 4.78 is 0. The molecule has 0 spiro atoms. The Morgan fingerprint density at radius 2 is 2.00 bits per heavy atom. The van der Waals surface area contributed by atoms with Gasteiger partial charge in [-0.2, -0.15) is 0 Å². The van der Waals surface area contributed by atoms with E-state index in [1.54, 1.807) is 18.2 Å². The van der Waals surface area contributed by atoms with E-state index in [2.05, 4.69) is 0 Å². The lowest BCUT2D eigenvalue weighted by Gasteiger charge is -2.03. The summed E-state index contributed by atoms with van der Waals surface area (Å²) in [7, 11) is 0. The number of ketones is 1. The van der Waals surface area contributed by atoms with Crippen molar-refractivity contribution in [3.8, 4) is 0 Å². The number of nitrogens with zero attached hydrogens (tertiary/aromatic N) is 1. The van der Waals surface area contributed by atoms with Crippen molar-refractivity contribution in [2.45, 2.75) is 19.8 Å². The molecule has 0 aliphatic rings. The first-order valence-corrected chi connectivity index (χ1v) is 6.83. The van der Waals surface area contributed by atoms with Crippen LogP contribution in [0.4, 0.5) is 5.69 Å². The van der Waals surface area contributed by atoms with Crippen LogP contribution in [0.15, 0.2) is 35.7 Å². The molecule has 0 amide bonds. The minimum Gasteiger partial charge on any atom is -0.293 e. The van der Waals surface area contributed by atoms with E-state index in [-0.39, 0.29) is 17.9 Å². The third-order valence-corrected chi connectivity index (χ3v) is 3.92. The molecule has 98 valence electrons. The average Bonchev–Trinajstić information content (AvgIpc) is 2.87. The number of nitro benzene ring substituents is 1. The lowest BCUT2D eigenvalue weighted by atomic mass is 10.0. The van der Waals surface area contributed by atoms with Gasteiger partial charge in [0, 0.05) is 18.1 Å². The molecule has 0 N–H and O–H groups in total. The van der Waals surface area contributed by atoms with Crippen LogP contribution in [0.1, 0.15) is 27.7 Å². The Morgan fingerprint density at radius 1 is 1.26 bits per heavy atom. The minimum atomic E-state index is -0.447. The van der Waals surface area contributed by atoms with Gasteiger partial charge in [0.05, 0.1) is 9.80 Å². The molecule has 0 aliphatic heterocycles. The number of carbonyl (C=O) groups is 1. The van der Waals surface area contributed by atoms with Crippen LogP contribution >= 0.6 is 11.3 Å². The molecule has 0 aliphatic carbocycles. The van der Waals surface area contributed by atoms with Crippen LogP contribution in [0.3, 0.4) is 0 Å². The Morgan fingerprint density at radius 3 is 2.68 bits per heavy atom. The largest absolute Gasteiger partial charge is 0.293 e. The monoisotopic (exact) mass is 275 g/mol. The van der Waals surface area contributed by atoms with Crippen LogP contribution in [0.2, 0.25) is 0 Å². The molecule has 0 saturated heterocycles. The third kappa shape index (κ3) is 2.88. The molecule has 1 heterocycles. The molecule has 0 fully saturated rings. The van der Waals surface area contributed by atoms with E-state index in [0.29, 0.717) is 10.4 Å². The van der Waals surface area contributed by atoms with Gasteiger partial charge in [-0.1, -0.05) is 25.1 Å². The van der Waals surface area contributed by atoms with Gasteiger partial charge in [-0.3, -0.25) is 14.9 Å². The molecule has 2 aromatic rings. The molecule has 19 heavy (non-hydrogen) atoms. The number of aryl methyl sites for hydroxylation is 1. The van der Waals surface area contributed by atoms with Gasteiger partial charge in [0.1, 0.15) is 0 Å². The molecule has 2 rings (SSSR count). The molecule has 1 aromatic carbocycles. The average molecular weight is 275 g/mol. The van der Waals surface area contributed by atoms with Crippen LogP contribution in [0, 0.1) is 10.1 Å². The smallest absolute Gasteiger partial charge is 0.273 e. The van der Waals surface area contributed by atoms with E-state index in [0.717, 1.165) is 12.0 Å². The van der Waals surface area contributed by atoms with Gasteiger partial charge < -0.3 is 0 Å². The number of benzene rings is 1. The van der Waals surface area contributed by atoms with Gasteiger partial charge in [0.25, 0.3) is 5.69 Å². The summed E-state index contributed by atoms with van der Waals surface area (Å²) in [5.41, 5.74) is 1.48. The predicted molar refractivity (Wildman–Crippen MR) is 74.8 cm³/mol. The van der Waals surface area contributed by atoms with Crippen molar-refractivity contribution < 1.29 is 9.72 Å². The van der Waals surface area contributed by atoms with E-state index in [4.69, 9.17) is 0 Å². The van der Waals surface area contributed by atoms with Crippen molar-refractivity contribution >= 4 is 22.8 Å². The second kappa shape index (κ2) is 5.75. The summed E-state index contributed by atoms with van der Waals surface area (Å²) in [4.78, 5) is 23.4. The fourth-order valence-corrected chi connectivity index (χ4v) is 2.89. The number of thiophene rings is 1. The van der Waals surface area contributed by atoms with Crippen LogP contribution in [-0.2, 0) is 12.8 Å². The first-order valence-electron chi connectivity index (χ1n) is 5.95. The Labute approximate surface area is 114 Å². The normalized spacial score (nSPS) is 10.4. The van der Waals surface area contributed by atoms with Crippen LogP contribution in [0.5, 0.6) is 0 Å².